The maximum atomic E-state index is 5.47. The van der Waals surface area contributed by atoms with E-state index in [0.717, 1.165) is 12.3 Å². The quantitative estimate of drug-likeness (QED) is 0.875. The first-order valence-electron chi connectivity index (χ1n) is 8.03. The summed E-state index contributed by atoms with van der Waals surface area (Å²) in [5.41, 5.74) is 4.26. The Morgan fingerprint density at radius 2 is 1.95 bits per heavy atom. The summed E-state index contributed by atoms with van der Waals surface area (Å²) in [5.74, 6) is 1.01. The third-order valence-electron chi connectivity index (χ3n) is 4.68. The molecule has 0 amide bonds. The normalized spacial score (nSPS) is 23.4. The van der Waals surface area contributed by atoms with Crippen molar-refractivity contribution in [2.24, 2.45) is 0 Å². The molecular formula is C18H29NO. The van der Waals surface area contributed by atoms with E-state index in [9.17, 15) is 0 Å². The monoisotopic (exact) mass is 275 g/mol. The van der Waals surface area contributed by atoms with Gasteiger partial charge in [-0.1, -0.05) is 32.3 Å². The molecule has 0 spiro atoms. The Morgan fingerprint density at radius 1 is 1.15 bits per heavy atom. The lowest BCUT2D eigenvalue weighted by Gasteiger charge is -2.36. The molecule has 0 aliphatic carbocycles. The van der Waals surface area contributed by atoms with Crippen LogP contribution >= 0.6 is 0 Å². The van der Waals surface area contributed by atoms with Gasteiger partial charge < -0.3 is 10.1 Å². The Morgan fingerprint density at radius 3 is 2.65 bits per heavy atom. The molecule has 112 valence electrons. The van der Waals surface area contributed by atoms with E-state index in [4.69, 9.17) is 4.74 Å². The van der Waals surface area contributed by atoms with Gasteiger partial charge in [-0.05, 0) is 62.4 Å². The Kier molecular flexibility index (Phi) is 5.09. The first-order chi connectivity index (χ1) is 9.63. The van der Waals surface area contributed by atoms with Gasteiger partial charge >= 0.3 is 0 Å². The van der Waals surface area contributed by atoms with Crippen LogP contribution in [0.2, 0.25) is 0 Å². The van der Waals surface area contributed by atoms with Crippen molar-refractivity contribution in [1.82, 2.24) is 5.32 Å². The van der Waals surface area contributed by atoms with Crippen LogP contribution in [0, 0.1) is 13.8 Å². The van der Waals surface area contributed by atoms with Crippen LogP contribution < -0.4 is 10.1 Å². The van der Waals surface area contributed by atoms with Crippen molar-refractivity contribution in [3.63, 3.8) is 0 Å². The summed E-state index contributed by atoms with van der Waals surface area (Å²) in [6.07, 6.45) is 7.69. The minimum Gasteiger partial charge on any atom is -0.496 e. The predicted molar refractivity (Wildman–Crippen MR) is 85.5 cm³/mol. The topological polar surface area (TPSA) is 21.3 Å². The molecule has 0 aromatic heterocycles. The lowest BCUT2D eigenvalue weighted by atomic mass is 9.79. The van der Waals surface area contributed by atoms with E-state index >= 15 is 0 Å². The number of rotatable bonds is 4. The lowest BCUT2D eigenvalue weighted by Crippen LogP contribution is -2.42. The average molecular weight is 275 g/mol. The summed E-state index contributed by atoms with van der Waals surface area (Å²) in [7, 11) is 1.76. The van der Waals surface area contributed by atoms with Gasteiger partial charge in [-0.2, -0.15) is 0 Å². The minimum absolute atomic E-state index is 0.173. The Hall–Kier alpha value is -1.02. The molecule has 1 fully saturated rings. The largest absolute Gasteiger partial charge is 0.496 e. The van der Waals surface area contributed by atoms with Crippen LogP contribution in [0.4, 0.5) is 0 Å². The molecule has 1 aliphatic rings. The smallest absolute Gasteiger partial charge is 0.122 e. The third kappa shape index (κ3) is 3.01. The molecule has 1 aliphatic heterocycles. The van der Waals surface area contributed by atoms with Gasteiger partial charge in [0.15, 0.2) is 0 Å². The molecule has 0 saturated carbocycles. The van der Waals surface area contributed by atoms with Crippen molar-refractivity contribution in [2.45, 2.75) is 64.8 Å². The molecule has 20 heavy (non-hydrogen) atoms. The molecule has 0 radical (unpaired) electrons. The van der Waals surface area contributed by atoms with Gasteiger partial charge in [0.05, 0.1) is 7.11 Å². The standard InChI is InChI=1S/C18H29NO/c1-5-9-18(10-7-6-8-11-19-18)16-12-15(3)17(20-4)13-14(16)2/h12-13,19H,5-11H2,1-4H3. The van der Waals surface area contributed by atoms with Crippen molar-refractivity contribution >= 4 is 0 Å². The number of hydrogen-bond acceptors (Lipinski definition) is 2. The van der Waals surface area contributed by atoms with Gasteiger partial charge in [0.2, 0.25) is 0 Å². The van der Waals surface area contributed by atoms with Gasteiger partial charge in [-0.15, -0.1) is 0 Å². The predicted octanol–water partition coefficient (Wildman–Crippen LogP) is 4.47. The highest BCUT2D eigenvalue weighted by Gasteiger charge is 2.33. The number of nitrogens with one attached hydrogen (secondary N) is 1. The van der Waals surface area contributed by atoms with Crippen molar-refractivity contribution in [1.29, 1.82) is 0 Å². The summed E-state index contributed by atoms with van der Waals surface area (Å²) in [6, 6.07) is 4.55. The zero-order chi connectivity index (χ0) is 14.6. The molecule has 1 atom stereocenters. The molecule has 1 unspecified atom stereocenters. The molecule has 1 N–H and O–H groups in total. The fourth-order valence-electron chi connectivity index (χ4n) is 3.67. The summed E-state index contributed by atoms with van der Waals surface area (Å²) in [5, 5.41) is 3.88. The number of hydrogen-bond donors (Lipinski definition) is 1. The van der Waals surface area contributed by atoms with Crippen LogP contribution in [0.3, 0.4) is 0 Å². The summed E-state index contributed by atoms with van der Waals surface area (Å²) >= 11 is 0. The number of benzene rings is 1. The van der Waals surface area contributed by atoms with Crippen molar-refractivity contribution in [2.75, 3.05) is 13.7 Å². The van der Waals surface area contributed by atoms with Crippen LogP contribution in [0.5, 0.6) is 5.75 Å². The van der Waals surface area contributed by atoms with Crippen molar-refractivity contribution in [3.8, 4) is 5.75 Å². The van der Waals surface area contributed by atoms with E-state index in [1.807, 2.05) is 0 Å². The molecule has 1 aromatic rings. The highest BCUT2D eigenvalue weighted by Crippen LogP contribution is 2.38. The summed E-state index contributed by atoms with van der Waals surface area (Å²) < 4.78 is 5.47. The molecule has 1 heterocycles. The molecule has 1 saturated heterocycles. The van der Waals surface area contributed by atoms with Gasteiger partial charge in [0.1, 0.15) is 5.75 Å². The van der Waals surface area contributed by atoms with Crippen LogP contribution in [-0.4, -0.2) is 13.7 Å². The van der Waals surface area contributed by atoms with Crippen LogP contribution in [-0.2, 0) is 5.54 Å². The SMILES string of the molecule is CCCC1(c2cc(C)c(OC)cc2C)CCCCCN1. The molecule has 2 heteroatoms. The molecule has 2 nitrogen and oxygen atoms in total. The maximum Gasteiger partial charge on any atom is 0.122 e. The number of aryl methyl sites for hydroxylation is 2. The van der Waals surface area contributed by atoms with Crippen LogP contribution in [0.25, 0.3) is 0 Å². The maximum absolute atomic E-state index is 5.47. The van der Waals surface area contributed by atoms with E-state index in [-0.39, 0.29) is 5.54 Å². The van der Waals surface area contributed by atoms with Gasteiger partial charge in [0.25, 0.3) is 0 Å². The number of methoxy groups -OCH3 is 1. The highest BCUT2D eigenvalue weighted by atomic mass is 16.5. The average Bonchev–Trinajstić information content (AvgIpc) is 2.67. The van der Waals surface area contributed by atoms with Crippen molar-refractivity contribution in [3.05, 3.63) is 28.8 Å². The van der Waals surface area contributed by atoms with Gasteiger partial charge in [0, 0.05) is 5.54 Å². The van der Waals surface area contributed by atoms with Crippen LogP contribution in [0.15, 0.2) is 12.1 Å². The summed E-state index contributed by atoms with van der Waals surface area (Å²) in [6.45, 7) is 7.81. The Bertz CT molecular complexity index is 445. The molecule has 0 bridgehead atoms. The van der Waals surface area contributed by atoms with E-state index in [1.165, 1.54) is 55.2 Å². The highest BCUT2D eigenvalue weighted by molar-refractivity contribution is 5.44. The van der Waals surface area contributed by atoms with E-state index in [2.05, 4.69) is 38.2 Å². The lowest BCUT2D eigenvalue weighted by molar-refractivity contribution is 0.295. The van der Waals surface area contributed by atoms with Crippen molar-refractivity contribution < 1.29 is 4.74 Å². The summed E-state index contributed by atoms with van der Waals surface area (Å²) in [4.78, 5) is 0. The van der Waals surface area contributed by atoms with Gasteiger partial charge in [-0.3, -0.25) is 0 Å². The Labute approximate surface area is 123 Å². The second kappa shape index (κ2) is 6.62. The van der Waals surface area contributed by atoms with Gasteiger partial charge in [-0.25, -0.2) is 0 Å². The molecule has 1 aromatic carbocycles. The van der Waals surface area contributed by atoms with E-state index in [1.54, 1.807) is 7.11 Å². The second-order valence-electron chi connectivity index (χ2n) is 6.21. The van der Waals surface area contributed by atoms with E-state index < -0.39 is 0 Å². The minimum atomic E-state index is 0.173. The van der Waals surface area contributed by atoms with E-state index in [0.29, 0.717) is 0 Å². The zero-order valence-electron chi connectivity index (χ0n) is 13.5. The Balaban J connectivity index is 2.45. The second-order valence-corrected chi connectivity index (χ2v) is 6.21. The fraction of sp³-hybridized carbons (Fsp3) is 0.667. The molecular weight excluding hydrogens is 246 g/mol. The first-order valence-corrected chi connectivity index (χ1v) is 8.03. The van der Waals surface area contributed by atoms with Crippen LogP contribution in [0.1, 0.15) is 62.1 Å². The third-order valence-corrected chi connectivity index (χ3v) is 4.68. The number of ether oxygens (including phenoxy) is 1. The fourth-order valence-corrected chi connectivity index (χ4v) is 3.67. The first kappa shape index (κ1) is 15.4. The zero-order valence-corrected chi connectivity index (χ0v) is 13.5. The molecule has 2 rings (SSSR count).